The van der Waals surface area contributed by atoms with Crippen molar-refractivity contribution in [2.45, 2.75) is 57.8 Å². The number of nitrogens with zero attached hydrogens (tertiary/aromatic N) is 1. The molecule has 1 atom stereocenters. The number of hydrogen-bond acceptors (Lipinski definition) is 3. The summed E-state index contributed by atoms with van der Waals surface area (Å²) in [4.78, 5) is 13.2. The second-order valence-corrected chi connectivity index (χ2v) is 5.29. The molecule has 4 heteroatoms. The van der Waals surface area contributed by atoms with Crippen molar-refractivity contribution in [1.82, 2.24) is 4.90 Å². The van der Waals surface area contributed by atoms with Crippen LogP contribution in [-0.4, -0.2) is 41.4 Å². The molecule has 1 saturated carbocycles. The lowest BCUT2D eigenvalue weighted by Crippen LogP contribution is -2.37. The molecule has 1 saturated heterocycles. The van der Waals surface area contributed by atoms with E-state index in [0.717, 1.165) is 38.8 Å². The highest BCUT2D eigenvalue weighted by Gasteiger charge is 2.28. The quantitative estimate of drug-likeness (QED) is 0.818. The molecule has 1 aliphatic carbocycles. The number of likely N-dealkylation sites (tertiary alicyclic amines) is 1. The maximum atomic E-state index is 10.8. The fourth-order valence-corrected chi connectivity index (χ4v) is 2.92. The number of carboxylic acid groups (broad SMARTS) is 1. The molecule has 0 aromatic carbocycles. The molecule has 98 valence electrons. The van der Waals surface area contributed by atoms with Crippen LogP contribution in [0.2, 0.25) is 0 Å². The van der Waals surface area contributed by atoms with E-state index in [-0.39, 0.29) is 18.2 Å². The molecule has 1 aliphatic heterocycles. The zero-order valence-corrected chi connectivity index (χ0v) is 10.6. The molecular weight excluding hydrogens is 218 g/mol. The topological polar surface area (TPSA) is 49.8 Å². The van der Waals surface area contributed by atoms with Gasteiger partial charge in [0.1, 0.15) is 6.23 Å². The minimum Gasteiger partial charge on any atom is -0.481 e. The molecule has 2 aliphatic rings. The van der Waals surface area contributed by atoms with E-state index in [1.165, 1.54) is 12.8 Å². The van der Waals surface area contributed by atoms with Gasteiger partial charge < -0.3 is 9.84 Å². The average Bonchev–Trinajstić information content (AvgIpc) is 2.83. The monoisotopic (exact) mass is 241 g/mol. The summed E-state index contributed by atoms with van der Waals surface area (Å²) in [5.74, 6) is -0.784. The summed E-state index contributed by atoms with van der Waals surface area (Å²) < 4.78 is 6.04. The van der Waals surface area contributed by atoms with E-state index in [4.69, 9.17) is 9.84 Å². The van der Waals surface area contributed by atoms with Crippen molar-refractivity contribution in [3.63, 3.8) is 0 Å². The van der Waals surface area contributed by atoms with Crippen molar-refractivity contribution in [2.75, 3.05) is 13.1 Å². The van der Waals surface area contributed by atoms with Gasteiger partial charge in [-0.3, -0.25) is 9.69 Å². The molecule has 0 aromatic heterocycles. The van der Waals surface area contributed by atoms with E-state index in [2.05, 4.69) is 11.8 Å². The van der Waals surface area contributed by atoms with Gasteiger partial charge >= 0.3 is 5.97 Å². The van der Waals surface area contributed by atoms with Crippen molar-refractivity contribution in [3.05, 3.63) is 0 Å². The van der Waals surface area contributed by atoms with Gasteiger partial charge in [-0.15, -0.1) is 0 Å². The van der Waals surface area contributed by atoms with Crippen LogP contribution in [-0.2, 0) is 9.53 Å². The van der Waals surface area contributed by atoms with Gasteiger partial charge in [-0.25, -0.2) is 0 Å². The molecule has 17 heavy (non-hydrogen) atoms. The summed E-state index contributed by atoms with van der Waals surface area (Å²) >= 11 is 0. The Kier molecular flexibility index (Phi) is 4.40. The van der Waals surface area contributed by atoms with Crippen molar-refractivity contribution in [2.24, 2.45) is 5.92 Å². The molecule has 0 aromatic rings. The molecule has 0 spiro atoms. The maximum Gasteiger partial charge on any atom is 0.306 e. The normalized spacial score (nSPS) is 32.5. The van der Waals surface area contributed by atoms with Crippen LogP contribution in [0, 0.1) is 5.92 Å². The molecule has 2 fully saturated rings. The first-order valence-electron chi connectivity index (χ1n) is 6.79. The first-order valence-corrected chi connectivity index (χ1v) is 6.79. The summed E-state index contributed by atoms with van der Waals surface area (Å²) in [6.45, 7) is 4.41. The lowest BCUT2D eigenvalue weighted by molar-refractivity contribution is -0.145. The predicted octanol–water partition coefficient (Wildman–Crippen LogP) is 2.09. The second-order valence-electron chi connectivity index (χ2n) is 5.29. The summed E-state index contributed by atoms with van der Waals surface area (Å²) in [7, 11) is 0. The number of carbonyl (C=O) groups is 1. The highest BCUT2D eigenvalue weighted by atomic mass is 16.5. The van der Waals surface area contributed by atoms with Gasteiger partial charge in [0, 0.05) is 13.1 Å². The Bertz CT molecular complexity index is 255. The van der Waals surface area contributed by atoms with Crippen LogP contribution < -0.4 is 0 Å². The van der Waals surface area contributed by atoms with Gasteiger partial charge in [-0.1, -0.05) is 0 Å². The molecule has 0 bridgehead atoms. The molecule has 1 N–H and O–H groups in total. The maximum absolute atomic E-state index is 10.8. The Hall–Kier alpha value is -0.610. The fourth-order valence-electron chi connectivity index (χ4n) is 2.92. The lowest BCUT2D eigenvalue weighted by Gasteiger charge is -2.32. The molecule has 1 heterocycles. The summed E-state index contributed by atoms with van der Waals surface area (Å²) in [5, 5.41) is 8.93. The SMILES string of the molecule is CC(OC1CCC(C(=O)O)CC1)N1CCCC1. The number of hydrogen-bond donors (Lipinski definition) is 1. The van der Waals surface area contributed by atoms with Gasteiger partial charge in [0.25, 0.3) is 0 Å². The van der Waals surface area contributed by atoms with Gasteiger partial charge in [0.05, 0.1) is 12.0 Å². The highest BCUT2D eigenvalue weighted by Crippen LogP contribution is 2.28. The molecule has 0 amide bonds. The van der Waals surface area contributed by atoms with Gasteiger partial charge in [-0.2, -0.15) is 0 Å². The number of ether oxygens (including phenoxy) is 1. The second kappa shape index (κ2) is 5.83. The Morgan fingerprint density at radius 3 is 2.35 bits per heavy atom. The zero-order chi connectivity index (χ0) is 12.3. The third-order valence-corrected chi connectivity index (χ3v) is 4.07. The molecule has 0 radical (unpaired) electrons. The number of aliphatic carboxylic acids is 1. The Morgan fingerprint density at radius 2 is 1.82 bits per heavy atom. The van der Waals surface area contributed by atoms with Crippen molar-refractivity contribution in [1.29, 1.82) is 0 Å². The Labute approximate surface area is 103 Å². The van der Waals surface area contributed by atoms with Crippen molar-refractivity contribution in [3.8, 4) is 0 Å². The Balaban J connectivity index is 1.72. The standard InChI is InChI=1S/C13H23NO3/c1-10(14-8-2-3-9-14)17-12-6-4-11(5-7-12)13(15)16/h10-12H,2-9H2,1H3,(H,15,16). The van der Waals surface area contributed by atoms with Gasteiger partial charge in [0.2, 0.25) is 0 Å². The predicted molar refractivity (Wildman–Crippen MR) is 64.7 cm³/mol. The van der Waals surface area contributed by atoms with Crippen LogP contribution in [0.25, 0.3) is 0 Å². The highest BCUT2D eigenvalue weighted by molar-refractivity contribution is 5.70. The molecular formula is C13H23NO3. The van der Waals surface area contributed by atoms with E-state index in [9.17, 15) is 4.79 Å². The number of rotatable bonds is 4. The van der Waals surface area contributed by atoms with Crippen LogP contribution in [0.5, 0.6) is 0 Å². The van der Waals surface area contributed by atoms with Crippen LogP contribution in [0.3, 0.4) is 0 Å². The van der Waals surface area contributed by atoms with Crippen LogP contribution in [0.1, 0.15) is 45.4 Å². The van der Waals surface area contributed by atoms with Crippen molar-refractivity contribution < 1.29 is 14.6 Å². The van der Waals surface area contributed by atoms with E-state index >= 15 is 0 Å². The lowest BCUT2D eigenvalue weighted by atomic mass is 9.87. The zero-order valence-electron chi connectivity index (χ0n) is 10.6. The van der Waals surface area contributed by atoms with Crippen LogP contribution in [0.15, 0.2) is 0 Å². The minimum absolute atomic E-state index is 0.142. The first-order chi connectivity index (χ1) is 8.16. The van der Waals surface area contributed by atoms with Crippen molar-refractivity contribution >= 4 is 5.97 Å². The van der Waals surface area contributed by atoms with Gasteiger partial charge in [-0.05, 0) is 45.4 Å². The van der Waals surface area contributed by atoms with Crippen LogP contribution in [0.4, 0.5) is 0 Å². The minimum atomic E-state index is -0.643. The third kappa shape index (κ3) is 3.42. The Morgan fingerprint density at radius 1 is 1.24 bits per heavy atom. The molecule has 1 unspecified atom stereocenters. The van der Waals surface area contributed by atoms with E-state index in [0.29, 0.717) is 0 Å². The van der Waals surface area contributed by atoms with Crippen LogP contribution >= 0.6 is 0 Å². The summed E-state index contributed by atoms with van der Waals surface area (Å²) in [6, 6.07) is 0. The van der Waals surface area contributed by atoms with E-state index in [1.54, 1.807) is 0 Å². The molecule has 4 nitrogen and oxygen atoms in total. The molecule has 2 rings (SSSR count). The van der Waals surface area contributed by atoms with E-state index in [1.807, 2.05) is 0 Å². The smallest absolute Gasteiger partial charge is 0.306 e. The number of carboxylic acids is 1. The first kappa shape index (κ1) is 12.8. The summed E-state index contributed by atoms with van der Waals surface area (Å²) in [5.41, 5.74) is 0. The third-order valence-electron chi connectivity index (χ3n) is 4.07. The fraction of sp³-hybridized carbons (Fsp3) is 0.923. The van der Waals surface area contributed by atoms with Gasteiger partial charge in [0.15, 0.2) is 0 Å². The average molecular weight is 241 g/mol. The summed E-state index contributed by atoms with van der Waals surface area (Å²) in [6.07, 6.45) is 6.35. The largest absolute Gasteiger partial charge is 0.481 e. The van der Waals surface area contributed by atoms with E-state index < -0.39 is 5.97 Å².